The van der Waals surface area contributed by atoms with Gasteiger partial charge in [0.15, 0.2) is 6.17 Å². The molecule has 0 amide bonds. The van der Waals surface area contributed by atoms with Crippen molar-refractivity contribution in [3.05, 3.63) is 0 Å². The summed E-state index contributed by atoms with van der Waals surface area (Å²) in [6, 6.07) is 0. The van der Waals surface area contributed by atoms with Crippen LogP contribution in [0.4, 0.5) is 4.39 Å². The average molecular weight is 118 g/mol. The van der Waals surface area contributed by atoms with E-state index in [-0.39, 0.29) is 11.8 Å². The molecule has 0 aromatic heterocycles. The van der Waals surface area contributed by atoms with E-state index in [2.05, 4.69) is 0 Å². The van der Waals surface area contributed by atoms with Crippen LogP contribution in [-0.2, 0) is 0 Å². The van der Waals surface area contributed by atoms with Crippen LogP contribution in [0.25, 0.3) is 0 Å². The number of alkyl halides is 1. The zero-order valence-corrected chi connectivity index (χ0v) is 5.11. The lowest BCUT2D eigenvalue weighted by Crippen LogP contribution is -2.27. The monoisotopic (exact) mass is 118 g/mol. The molecule has 2 nitrogen and oxygen atoms in total. The van der Waals surface area contributed by atoms with Crippen molar-refractivity contribution in [2.45, 2.75) is 20.0 Å². The summed E-state index contributed by atoms with van der Waals surface area (Å²) in [5.74, 6) is -0.549. The highest BCUT2D eigenvalue weighted by Gasteiger charge is 2.13. The number of hydrogen-bond donors (Lipinski definition) is 2. The Kier molecular flexibility index (Phi) is 2.45. The molecule has 3 heteroatoms. The molecule has 0 aliphatic carbocycles. The van der Waals surface area contributed by atoms with Crippen molar-refractivity contribution in [1.82, 2.24) is 0 Å². The third-order valence-electron chi connectivity index (χ3n) is 0.882. The SMILES string of the molecule is CC(C)C(F)C(=N)N. The standard InChI is InChI=1S/C5H11FN2/c1-3(2)4(6)5(7)8/h3-4H,1-2H3,(H3,7,8). The molecule has 0 bridgehead atoms. The first-order valence-electron chi connectivity index (χ1n) is 2.53. The summed E-state index contributed by atoms with van der Waals surface area (Å²) in [6.45, 7) is 3.37. The van der Waals surface area contributed by atoms with Gasteiger partial charge in [-0.3, -0.25) is 5.41 Å². The number of rotatable bonds is 2. The van der Waals surface area contributed by atoms with Crippen LogP contribution >= 0.6 is 0 Å². The fourth-order valence-corrected chi connectivity index (χ4v) is 0.359. The molecule has 8 heavy (non-hydrogen) atoms. The van der Waals surface area contributed by atoms with E-state index in [1.54, 1.807) is 13.8 Å². The minimum Gasteiger partial charge on any atom is -0.385 e. The lowest BCUT2D eigenvalue weighted by molar-refractivity contribution is 0.333. The average Bonchev–Trinajstić information content (AvgIpc) is 1.64. The molecule has 0 spiro atoms. The number of nitrogens with two attached hydrogens (primary N) is 1. The van der Waals surface area contributed by atoms with Crippen LogP contribution in [0.2, 0.25) is 0 Å². The van der Waals surface area contributed by atoms with Gasteiger partial charge in [0.1, 0.15) is 5.84 Å². The van der Waals surface area contributed by atoms with Gasteiger partial charge in [0.2, 0.25) is 0 Å². The minimum atomic E-state index is -1.27. The second-order valence-electron chi connectivity index (χ2n) is 2.10. The highest BCUT2D eigenvalue weighted by Crippen LogP contribution is 2.03. The Labute approximate surface area is 48.4 Å². The van der Waals surface area contributed by atoms with Gasteiger partial charge >= 0.3 is 0 Å². The number of nitrogens with one attached hydrogen (secondary N) is 1. The fraction of sp³-hybridized carbons (Fsp3) is 0.800. The first-order valence-corrected chi connectivity index (χ1v) is 2.53. The summed E-state index contributed by atoms with van der Waals surface area (Å²) >= 11 is 0. The van der Waals surface area contributed by atoms with Crippen molar-refractivity contribution in [2.24, 2.45) is 11.7 Å². The zero-order chi connectivity index (χ0) is 6.73. The van der Waals surface area contributed by atoms with Crippen molar-refractivity contribution >= 4 is 5.84 Å². The second-order valence-corrected chi connectivity index (χ2v) is 2.10. The van der Waals surface area contributed by atoms with Gasteiger partial charge in [-0.25, -0.2) is 4.39 Å². The van der Waals surface area contributed by atoms with Crippen LogP contribution in [0.3, 0.4) is 0 Å². The molecule has 0 saturated heterocycles. The predicted molar refractivity (Wildman–Crippen MR) is 31.6 cm³/mol. The van der Waals surface area contributed by atoms with E-state index in [1.165, 1.54) is 0 Å². The summed E-state index contributed by atoms with van der Waals surface area (Å²) in [5.41, 5.74) is 4.85. The highest BCUT2D eigenvalue weighted by atomic mass is 19.1. The first kappa shape index (κ1) is 7.40. The molecule has 0 heterocycles. The maximum absolute atomic E-state index is 12.3. The van der Waals surface area contributed by atoms with Crippen molar-refractivity contribution in [3.63, 3.8) is 0 Å². The Morgan fingerprint density at radius 2 is 2.00 bits per heavy atom. The van der Waals surface area contributed by atoms with Crippen LogP contribution < -0.4 is 5.73 Å². The highest BCUT2D eigenvalue weighted by molar-refractivity contribution is 5.81. The fourth-order valence-electron chi connectivity index (χ4n) is 0.359. The van der Waals surface area contributed by atoms with Gasteiger partial charge < -0.3 is 5.73 Å². The van der Waals surface area contributed by atoms with Crippen LogP contribution in [0, 0.1) is 11.3 Å². The molecular weight excluding hydrogens is 107 g/mol. The van der Waals surface area contributed by atoms with E-state index in [4.69, 9.17) is 11.1 Å². The summed E-state index contributed by atoms with van der Waals surface area (Å²) in [7, 11) is 0. The third kappa shape index (κ3) is 1.91. The number of amidine groups is 1. The first-order chi connectivity index (χ1) is 3.55. The van der Waals surface area contributed by atoms with Gasteiger partial charge in [-0.1, -0.05) is 13.8 Å². The normalized spacial score (nSPS) is 14.0. The van der Waals surface area contributed by atoms with Crippen molar-refractivity contribution in [3.8, 4) is 0 Å². The summed E-state index contributed by atoms with van der Waals surface area (Å²) < 4.78 is 12.3. The molecular formula is C5H11FN2. The van der Waals surface area contributed by atoms with Crippen LogP contribution in [0.5, 0.6) is 0 Å². The lowest BCUT2D eigenvalue weighted by Gasteiger charge is -2.07. The predicted octanol–water partition coefficient (Wildman–Crippen LogP) is 0.916. The van der Waals surface area contributed by atoms with Gasteiger partial charge in [-0.05, 0) is 5.92 Å². The molecule has 0 aliphatic rings. The maximum Gasteiger partial charge on any atom is 0.159 e. The van der Waals surface area contributed by atoms with Gasteiger partial charge in [-0.15, -0.1) is 0 Å². The van der Waals surface area contributed by atoms with Crippen molar-refractivity contribution in [2.75, 3.05) is 0 Å². The molecule has 0 aromatic carbocycles. The van der Waals surface area contributed by atoms with Gasteiger partial charge in [0.25, 0.3) is 0 Å². The Balaban J connectivity index is 3.64. The molecule has 0 radical (unpaired) electrons. The van der Waals surface area contributed by atoms with E-state index in [0.29, 0.717) is 0 Å². The molecule has 48 valence electrons. The van der Waals surface area contributed by atoms with E-state index in [1.807, 2.05) is 0 Å². The van der Waals surface area contributed by atoms with Gasteiger partial charge in [0, 0.05) is 0 Å². The van der Waals surface area contributed by atoms with Crippen molar-refractivity contribution < 1.29 is 4.39 Å². The Hall–Kier alpha value is -0.600. The quantitative estimate of drug-likeness (QED) is 0.411. The van der Waals surface area contributed by atoms with Crippen LogP contribution in [0.15, 0.2) is 0 Å². The maximum atomic E-state index is 12.3. The Morgan fingerprint density at radius 3 is 2.00 bits per heavy atom. The molecule has 0 aromatic rings. The Bertz CT molecular complexity index is 90.4. The Morgan fingerprint density at radius 1 is 1.62 bits per heavy atom. The van der Waals surface area contributed by atoms with Gasteiger partial charge in [0.05, 0.1) is 0 Å². The molecule has 0 saturated carbocycles. The topological polar surface area (TPSA) is 49.9 Å². The molecule has 0 aliphatic heterocycles. The minimum absolute atomic E-state index is 0.174. The summed E-state index contributed by atoms with van der Waals surface area (Å²) in [5, 5.41) is 6.63. The van der Waals surface area contributed by atoms with Crippen molar-refractivity contribution in [1.29, 1.82) is 5.41 Å². The number of halogens is 1. The summed E-state index contributed by atoms with van der Waals surface area (Å²) in [6.07, 6.45) is -1.27. The molecule has 0 fully saturated rings. The van der Waals surface area contributed by atoms with Crippen LogP contribution in [-0.4, -0.2) is 12.0 Å². The van der Waals surface area contributed by atoms with E-state index in [0.717, 1.165) is 0 Å². The molecule has 0 rings (SSSR count). The smallest absolute Gasteiger partial charge is 0.159 e. The second kappa shape index (κ2) is 2.64. The zero-order valence-electron chi connectivity index (χ0n) is 5.11. The van der Waals surface area contributed by atoms with Gasteiger partial charge in [-0.2, -0.15) is 0 Å². The summed E-state index contributed by atoms with van der Waals surface area (Å²) in [4.78, 5) is 0. The molecule has 3 N–H and O–H groups in total. The molecule has 1 atom stereocenters. The van der Waals surface area contributed by atoms with Crippen LogP contribution in [0.1, 0.15) is 13.8 Å². The lowest BCUT2D eigenvalue weighted by atomic mass is 10.1. The largest absolute Gasteiger partial charge is 0.385 e. The molecule has 1 unspecified atom stereocenters. The van der Waals surface area contributed by atoms with E-state index < -0.39 is 6.17 Å². The number of hydrogen-bond acceptors (Lipinski definition) is 1. The third-order valence-corrected chi connectivity index (χ3v) is 0.882. The van der Waals surface area contributed by atoms with E-state index in [9.17, 15) is 4.39 Å². The van der Waals surface area contributed by atoms with E-state index >= 15 is 0 Å².